The van der Waals surface area contributed by atoms with Gasteiger partial charge in [-0.1, -0.05) is 36.7 Å². The number of halogens is 5. The fourth-order valence-electron chi connectivity index (χ4n) is 4.88. The first-order chi connectivity index (χ1) is 19.6. The molecule has 1 aliphatic rings. The van der Waals surface area contributed by atoms with Gasteiger partial charge in [-0.15, -0.1) is 0 Å². The van der Waals surface area contributed by atoms with Crippen LogP contribution in [0.2, 0.25) is 5.02 Å². The second kappa shape index (κ2) is 11.7. The molecule has 11 heteroatoms. The van der Waals surface area contributed by atoms with Crippen LogP contribution in [-0.2, 0) is 23.0 Å². The van der Waals surface area contributed by atoms with Crippen LogP contribution in [0.1, 0.15) is 60.2 Å². The van der Waals surface area contributed by atoms with Crippen molar-refractivity contribution in [2.24, 2.45) is 4.99 Å². The van der Waals surface area contributed by atoms with E-state index in [0.717, 1.165) is 18.6 Å². The molecule has 0 aliphatic carbocycles. The summed E-state index contributed by atoms with van der Waals surface area (Å²) in [5.74, 6) is -1.49. The van der Waals surface area contributed by atoms with Crippen LogP contribution in [0, 0.1) is 12.7 Å². The predicted octanol–water partition coefficient (Wildman–Crippen LogP) is 6.97. The largest absolute Gasteiger partial charge is 0.416 e. The summed E-state index contributed by atoms with van der Waals surface area (Å²) in [6.45, 7) is 6.26. The normalized spacial score (nSPS) is 18.1. The molecule has 1 aliphatic heterocycles. The lowest BCUT2D eigenvalue weighted by atomic mass is 9.90. The van der Waals surface area contributed by atoms with Gasteiger partial charge in [0.05, 0.1) is 11.3 Å². The van der Waals surface area contributed by atoms with Crippen molar-refractivity contribution in [2.75, 3.05) is 5.32 Å². The van der Waals surface area contributed by atoms with Crippen molar-refractivity contribution in [3.8, 4) is 0 Å². The van der Waals surface area contributed by atoms with Gasteiger partial charge in [0.25, 0.3) is 11.5 Å². The number of hydrogen-bond acceptors (Lipinski definition) is 4. The molecule has 220 valence electrons. The Labute approximate surface area is 244 Å². The zero-order chi connectivity index (χ0) is 31.0. The van der Waals surface area contributed by atoms with Gasteiger partial charge < -0.3 is 10.4 Å². The van der Waals surface area contributed by atoms with E-state index in [0.29, 0.717) is 17.7 Å². The second-order valence-electron chi connectivity index (χ2n) is 10.2. The number of benzene rings is 2. The molecule has 3 aromatic rings. The van der Waals surface area contributed by atoms with Crippen LogP contribution in [0.15, 0.2) is 70.6 Å². The number of carbonyl (C=O) groups excluding carboxylic acids is 1. The van der Waals surface area contributed by atoms with Crippen LogP contribution in [0.4, 0.5) is 23.2 Å². The van der Waals surface area contributed by atoms with Crippen LogP contribution in [0.5, 0.6) is 0 Å². The van der Waals surface area contributed by atoms with E-state index >= 15 is 0 Å². The summed E-state index contributed by atoms with van der Waals surface area (Å²) in [6.07, 6.45) is 1.30. The van der Waals surface area contributed by atoms with E-state index in [1.165, 1.54) is 41.2 Å². The number of carbonyl (C=O) groups is 1. The van der Waals surface area contributed by atoms with E-state index in [4.69, 9.17) is 11.6 Å². The summed E-state index contributed by atoms with van der Waals surface area (Å²) >= 11 is 6.49. The first-order valence-electron chi connectivity index (χ1n) is 13.0. The van der Waals surface area contributed by atoms with Gasteiger partial charge in [0, 0.05) is 34.9 Å². The maximum atomic E-state index is 14.1. The molecule has 0 spiro atoms. The third-order valence-electron chi connectivity index (χ3n) is 7.05. The molecule has 2 atom stereocenters. The number of aliphatic hydroxyl groups is 1. The molecule has 0 bridgehead atoms. The number of nitrogens with zero attached hydrogens (tertiary/aromatic N) is 2. The van der Waals surface area contributed by atoms with Crippen LogP contribution < -0.4 is 10.9 Å². The predicted molar refractivity (Wildman–Crippen MR) is 155 cm³/mol. The Morgan fingerprint density at radius 2 is 1.86 bits per heavy atom. The van der Waals surface area contributed by atoms with E-state index in [9.17, 15) is 32.3 Å². The van der Waals surface area contributed by atoms with Gasteiger partial charge in [-0.3, -0.25) is 19.1 Å². The number of alkyl halides is 3. The molecule has 0 saturated carbocycles. The summed E-state index contributed by atoms with van der Waals surface area (Å²) in [7, 11) is 0. The minimum Gasteiger partial charge on any atom is -0.375 e. The van der Waals surface area contributed by atoms with Gasteiger partial charge in [-0.2, -0.15) is 13.2 Å². The second-order valence-corrected chi connectivity index (χ2v) is 10.6. The SMILES string of the molecule is C/C=C/N=C(/C=C/n1c(C)cc(C(C)Cc2ccc(F)cc2)c(Cl)c1=O)c1cc2c(c(C(F)(F)F)c1)C(C)(O)C(=O)N2. The van der Waals surface area contributed by atoms with Crippen molar-refractivity contribution < 1.29 is 27.5 Å². The summed E-state index contributed by atoms with van der Waals surface area (Å²) in [6, 6.07) is 9.90. The number of allylic oxidation sites excluding steroid dienone is 2. The lowest BCUT2D eigenvalue weighted by Gasteiger charge is -2.20. The van der Waals surface area contributed by atoms with E-state index < -0.39 is 34.4 Å². The van der Waals surface area contributed by atoms with Gasteiger partial charge in [0.15, 0.2) is 5.60 Å². The van der Waals surface area contributed by atoms with Crippen molar-refractivity contribution in [3.63, 3.8) is 0 Å². The zero-order valence-corrected chi connectivity index (χ0v) is 23.9. The van der Waals surface area contributed by atoms with E-state index in [1.54, 1.807) is 38.1 Å². The highest BCUT2D eigenvalue weighted by Crippen LogP contribution is 2.45. The standard InChI is InChI=1S/C31H28ClF4N3O3/c1-5-11-37-24(20-15-23(31(34,35)36)26-25(16-20)38-29(41)30(26,4)42)10-12-39-18(3)14-22(27(32)28(39)40)17(2)13-19-6-8-21(33)9-7-19/h5-12,14-17,42H,13H2,1-4H3,(H,38,41)/b11-5+,12-10+,37-24-. The first kappa shape index (κ1) is 30.9. The minimum absolute atomic E-state index is 0.00485. The Bertz CT molecular complexity index is 1690. The van der Waals surface area contributed by atoms with Crippen molar-refractivity contribution in [2.45, 2.75) is 51.8 Å². The quantitative estimate of drug-likeness (QED) is 0.227. The Balaban J connectivity index is 1.75. The van der Waals surface area contributed by atoms with E-state index in [1.807, 2.05) is 6.92 Å². The van der Waals surface area contributed by atoms with Crippen molar-refractivity contribution in [1.29, 1.82) is 0 Å². The lowest BCUT2D eigenvalue weighted by Crippen LogP contribution is -2.32. The highest BCUT2D eigenvalue weighted by molar-refractivity contribution is 6.31. The molecule has 42 heavy (non-hydrogen) atoms. The fraction of sp³-hybridized carbons (Fsp3) is 0.258. The molecule has 4 rings (SSSR count). The van der Waals surface area contributed by atoms with Gasteiger partial charge in [0.2, 0.25) is 0 Å². The summed E-state index contributed by atoms with van der Waals surface area (Å²) < 4.78 is 56.7. The minimum atomic E-state index is -4.88. The average Bonchev–Trinajstić information content (AvgIpc) is 3.15. The Morgan fingerprint density at radius 3 is 2.48 bits per heavy atom. The smallest absolute Gasteiger partial charge is 0.375 e. The van der Waals surface area contributed by atoms with E-state index in [-0.39, 0.29) is 33.7 Å². The van der Waals surface area contributed by atoms with Gasteiger partial charge in [-0.05, 0) is 80.6 Å². The van der Waals surface area contributed by atoms with Gasteiger partial charge in [-0.25, -0.2) is 4.39 Å². The molecule has 0 fully saturated rings. The van der Waals surface area contributed by atoms with Gasteiger partial charge in [0.1, 0.15) is 10.8 Å². The molecular weight excluding hydrogens is 574 g/mol. The van der Waals surface area contributed by atoms with Crippen LogP contribution in [0.25, 0.3) is 6.20 Å². The van der Waals surface area contributed by atoms with Crippen molar-refractivity contribution in [3.05, 3.63) is 116 Å². The third kappa shape index (κ3) is 6.10. The summed E-state index contributed by atoms with van der Waals surface area (Å²) in [5, 5.41) is 12.8. The maximum absolute atomic E-state index is 14.1. The van der Waals surface area contributed by atoms with Crippen molar-refractivity contribution in [1.82, 2.24) is 4.57 Å². The molecule has 1 amide bonds. The summed E-state index contributed by atoms with van der Waals surface area (Å²) in [4.78, 5) is 29.8. The number of fused-ring (bicyclic) bond motifs is 1. The molecule has 6 nitrogen and oxygen atoms in total. The topological polar surface area (TPSA) is 83.7 Å². The number of aromatic nitrogens is 1. The summed E-state index contributed by atoms with van der Waals surface area (Å²) in [5.41, 5.74) is -2.80. The Morgan fingerprint density at radius 1 is 1.19 bits per heavy atom. The third-order valence-corrected chi connectivity index (χ3v) is 7.43. The number of anilines is 1. The highest BCUT2D eigenvalue weighted by Gasteiger charge is 2.48. The van der Waals surface area contributed by atoms with Crippen LogP contribution in [-0.4, -0.2) is 21.3 Å². The highest BCUT2D eigenvalue weighted by atomic mass is 35.5. The van der Waals surface area contributed by atoms with Gasteiger partial charge >= 0.3 is 6.18 Å². The van der Waals surface area contributed by atoms with E-state index in [2.05, 4.69) is 10.3 Å². The average molecular weight is 602 g/mol. The van der Waals surface area contributed by atoms with Crippen LogP contribution in [0.3, 0.4) is 0 Å². The molecule has 1 aromatic heterocycles. The molecule has 2 unspecified atom stereocenters. The molecule has 2 aromatic carbocycles. The number of nitrogens with one attached hydrogen (secondary N) is 1. The molecular formula is C31H28ClF4N3O3. The number of amides is 1. The Kier molecular flexibility index (Phi) is 8.61. The molecule has 0 saturated heterocycles. The first-order valence-corrected chi connectivity index (χ1v) is 13.4. The number of aliphatic imine (C=N–C) groups is 1. The monoisotopic (exact) mass is 601 g/mol. The van der Waals surface area contributed by atoms with Crippen LogP contribution >= 0.6 is 11.6 Å². The molecule has 0 radical (unpaired) electrons. The maximum Gasteiger partial charge on any atom is 0.416 e. The number of rotatable bonds is 7. The zero-order valence-electron chi connectivity index (χ0n) is 23.2. The Hall–Kier alpha value is -4.02. The fourth-order valence-corrected chi connectivity index (χ4v) is 5.21. The molecule has 2 heterocycles. The number of aryl methyl sites for hydroxylation is 1. The molecule has 2 N–H and O–H groups in total. The van der Waals surface area contributed by atoms with Crippen molar-refractivity contribution >= 4 is 35.1 Å². The number of pyridine rings is 1. The number of hydrogen-bond donors (Lipinski definition) is 2. The lowest BCUT2D eigenvalue weighted by molar-refractivity contribution is -0.142.